The van der Waals surface area contributed by atoms with E-state index in [0.717, 1.165) is 18.4 Å². The molecule has 1 aromatic rings. The highest BCUT2D eigenvalue weighted by molar-refractivity contribution is 6.35. The average Bonchev–Trinajstić information content (AvgIpc) is 3.24. The number of nitrogens with one attached hydrogen (secondary N) is 2. The second kappa shape index (κ2) is 6.67. The molecule has 21 heavy (non-hydrogen) atoms. The van der Waals surface area contributed by atoms with E-state index in [-0.39, 0.29) is 24.4 Å². The zero-order chi connectivity index (χ0) is 15.4. The molecule has 1 aliphatic rings. The predicted molar refractivity (Wildman–Crippen MR) is 77.0 cm³/mol. The zero-order valence-electron chi connectivity index (χ0n) is 12.2. The first-order valence-corrected chi connectivity index (χ1v) is 6.98. The number of hydrogen-bond acceptors (Lipinski definition) is 3. The molecule has 6 heteroatoms. The molecule has 114 valence electrons. The number of carbonyl (C=O) groups excluding carboxylic acids is 2. The minimum absolute atomic E-state index is 0.122. The topological polar surface area (TPSA) is 61.4 Å². The van der Waals surface area contributed by atoms with Gasteiger partial charge in [0.2, 0.25) is 0 Å². The third-order valence-electron chi connectivity index (χ3n) is 3.45. The van der Waals surface area contributed by atoms with Crippen molar-refractivity contribution < 1.29 is 14.0 Å². The lowest BCUT2D eigenvalue weighted by Gasteiger charge is -2.25. The fraction of sp³-hybridized carbons (Fsp3) is 0.467. The van der Waals surface area contributed by atoms with Crippen LogP contribution in [0.1, 0.15) is 24.4 Å². The molecule has 0 radical (unpaired) electrons. The van der Waals surface area contributed by atoms with Gasteiger partial charge in [-0.3, -0.25) is 9.59 Å². The van der Waals surface area contributed by atoms with Gasteiger partial charge >= 0.3 is 11.8 Å². The minimum atomic E-state index is -0.629. The van der Waals surface area contributed by atoms with E-state index in [1.807, 2.05) is 19.0 Å². The van der Waals surface area contributed by atoms with Crippen LogP contribution in [0.25, 0.3) is 0 Å². The molecule has 1 fully saturated rings. The molecule has 0 heterocycles. The predicted octanol–water partition coefficient (Wildman–Crippen LogP) is 0.823. The summed E-state index contributed by atoms with van der Waals surface area (Å²) in [5, 5.41) is 5.26. The Kier molecular flexibility index (Phi) is 4.90. The van der Waals surface area contributed by atoms with Crippen molar-refractivity contribution in [1.29, 1.82) is 0 Å². The zero-order valence-corrected chi connectivity index (χ0v) is 12.2. The Hall–Kier alpha value is -1.95. The Morgan fingerprint density at radius 3 is 2.38 bits per heavy atom. The molecular weight excluding hydrogens is 273 g/mol. The highest BCUT2D eigenvalue weighted by Crippen LogP contribution is 2.19. The molecule has 2 amide bonds. The highest BCUT2D eigenvalue weighted by Gasteiger charge is 2.26. The van der Waals surface area contributed by atoms with Gasteiger partial charge in [0.1, 0.15) is 5.82 Å². The van der Waals surface area contributed by atoms with Crippen molar-refractivity contribution in [3.05, 3.63) is 35.6 Å². The van der Waals surface area contributed by atoms with Crippen molar-refractivity contribution >= 4 is 11.8 Å². The van der Waals surface area contributed by atoms with Crippen molar-refractivity contribution in [3.63, 3.8) is 0 Å². The maximum atomic E-state index is 13.0. The molecule has 1 aromatic carbocycles. The van der Waals surface area contributed by atoms with E-state index in [0.29, 0.717) is 0 Å². The van der Waals surface area contributed by atoms with Gasteiger partial charge in [0.15, 0.2) is 0 Å². The Bertz CT molecular complexity index is 512. The summed E-state index contributed by atoms with van der Waals surface area (Å²) >= 11 is 0. The summed E-state index contributed by atoms with van der Waals surface area (Å²) in [6.45, 7) is 0.287. The Morgan fingerprint density at radius 2 is 1.86 bits per heavy atom. The minimum Gasteiger partial charge on any atom is -0.346 e. The van der Waals surface area contributed by atoms with Crippen LogP contribution in [0.3, 0.4) is 0 Å². The molecule has 5 nitrogen and oxygen atoms in total. The van der Waals surface area contributed by atoms with Gasteiger partial charge in [0.05, 0.1) is 6.04 Å². The van der Waals surface area contributed by atoms with Crippen LogP contribution < -0.4 is 10.6 Å². The summed E-state index contributed by atoms with van der Waals surface area (Å²) in [6, 6.07) is 6.15. The third kappa shape index (κ3) is 4.53. The molecule has 0 aliphatic heterocycles. The third-order valence-corrected chi connectivity index (χ3v) is 3.45. The van der Waals surface area contributed by atoms with E-state index in [2.05, 4.69) is 10.6 Å². The van der Waals surface area contributed by atoms with Crippen LogP contribution in [-0.4, -0.2) is 43.4 Å². The van der Waals surface area contributed by atoms with Crippen molar-refractivity contribution in [2.75, 3.05) is 20.6 Å². The molecule has 0 saturated heterocycles. The second-order valence-electron chi connectivity index (χ2n) is 5.49. The molecule has 1 aliphatic carbocycles. The first-order chi connectivity index (χ1) is 9.97. The van der Waals surface area contributed by atoms with Gasteiger partial charge in [0, 0.05) is 12.6 Å². The summed E-state index contributed by atoms with van der Waals surface area (Å²) < 4.78 is 13.0. The number of hydrogen-bond donors (Lipinski definition) is 2. The fourth-order valence-electron chi connectivity index (χ4n) is 2.03. The molecule has 1 atom stereocenters. The molecule has 0 unspecified atom stereocenters. The van der Waals surface area contributed by atoms with Crippen LogP contribution >= 0.6 is 0 Å². The van der Waals surface area contributed by atoms with Gasteiger partial charge < -0.3 is 15.5 Å². The van der Waals surface area contributed by atoms with Gasteiger partial charge in [-0.05, 0) is 44.6 Å². The molecule has 2 rings (SSSR count). The van der Waals surface area contributed by atoms with E-state index in [9.17, 15) is 14.0 Å². The second-order valence-corrected chi connectivity index (χ2v) is 5.49. The molecule has 0 spiro atoms. The highest BCUT2D eigenvalue weighted by atomic mass is 19.1. The van der Waals surface area contributed by atoms with Crippen molar-refractivity contribution in [3.8, 4) is 0 Å². The largest absolute Gasteiger partial charge is 0.346 e. The van der Waals surface area contributed by atoms with Crippen LogP contribution in [0, 0.1) is 5.82 Å². The normalized spacial score (nSPS) is 15.6. The van der Waals surface area contributed by atoms with E-state index in [4.69, 9.17) is 0 Å². The number of halogens is 1. The molecule has 1 saturated carbocycles. The Balaban J connectivity index is 1.91. The van der Waals surface area contributed by atoms with E-state index < -0.39 is 11.8 Å². The molecule has 2 N–H and O–H groups in total. The Morgan fingerprint density at radius 1 is 1.24 bits per heavy atom. The van der Waals surface area contributed by atoms with E-state index >= 15 is 0 Å². The standard InChI is InChI=1S/C15H20FN3O2/c1-19(2)13(10-3-5-11(16)6-4-10)9-17-14(20)15(21)18-12-7-8-12/h3-6,12-13H,7-9H2,1-2H3,(H,17,20)(H,18,21)/t13-/m1/s1. The number of rotatable bonds is 5. The monoisotopic (exact) mass is 293 g/mol. The van der Waals surface area contributed by atoms with Crippen molar-refractivity contribution in [1.82, 2.24) is 15.5 Å². The first-order valence-electron chi connectivity index (χ1n) is 6.98. The molecule has 0 bridgehead atoms. The van der Waals surface area contributed by atoms with Gasteiger partial charge in [-0.25, -0.2) is 4.39 Å². The lowest BCUT2D eigenvalue weighted by Crippen LogP contribution is -2.43. The average molecular weight is 293 g/mol. The smallest absolute Gasteiger partial charge is 0.309 e. The van der Waals surface area contributed by atoms with E-state index in [1.165, 1.54) is 12.1 Å². The van der Waals surface area contributed by atoms with Crippen LogP contribution in [0.15, 0.2) is 24.3 Å². The van der Waals surface area contributed by atoms with Gasteiger partial charge in [-0.1, -0.05) is 12.1 Å². The lowest BCUT2D eigenvalue weighted by molar-refractivity contribution is -0.139. The van der Waals surface area contributed by atoms with Crippen LogP contribution in [0.5, 0.6) is 0 Å². The maximum Gasteiger partial charge on any atom is 0.309 e. The van der Waals surface area contributed by atoms with Gasteiger partial charge in [-0.2, -0.15) is 0 Å². The van der Waals surface area contributed by atoms with Gasteiger partial charge in [-0.15, -0.1) is 0 Å². The summed E-state index contributed by atoms with van der Waals surface area (Å²) in [7, 11) is 3.73. The fourth-order valence-corrected chi connectivity index (χ4v) is 2.03. The molecule has 0 aromatic heterocycles. The summed E-state index contributed by atoms with van der Waals surface area (Å²) in [5.41, 5.74) is 0.879. The number of nitrogens with zero attached hydrogens (tertiary/aromatic N) is 1. The van der Waals surface area contributed by atoms with Crippen LogP contribution in [0.2, 0.25) is 0 Å². The van der Waals surface area contributed by atoms with Crippen LogP contribution in [0.4, 0.5) is 4.39 Å². The Labute approximate surface area is 123 Å². The summed E-state index contributed by atoms with van der Waals surface area (Å²) in [5.74, 6) is -1.52. The van der Waals surface area contributed by atoms with Crippen molar-refractivity contribution in [2.24, 2.45) is 0 Å². The first kappa shape index (κ1) is 15.4. The summed E-state index contributed by atoms with van der Waals surface area (Å²) in [6.07, 6.45) is 1.88. The number of amides is 2. The number of likely N-dealkylation sites (N-methyl/N-ethyl adjacent to an activating group) is 1. The van der Waals surface area contributed by atoms with Gasteiger partial charge in [0.25, 0.3) is 0 Å². The molecular formula is C15H20FN3O2. The SMILES string of the molecule is CN(C)[C@H](CNC(=O)C(=O)NC1CC1)c1ccc(F)cc1. The lowest BCUT2D eigenvalue weighted by atomic mass is 10.1. The quantitative estimate of drug-likeness (QED) is 0.790. The van der Waals surface area contributed by atoms with Crippen molar-refractivity contribution in [2.45, 2.75) is 24.9 Å². The summed E-state index contributed by atoms with van der Waals surface area (Å²) in [4.78, 5) is 25.2. The number of benzene rings is 1. The maximum absolute atomic E-state index is 13.0. The number of carbonyl (C=O) groups is 2. The van der Waals surface area contributed by atoms with E-state index in [1.54, 1.807) is 12.1 Å². The van der Waals surface area contributed by atoms with Crippen LogP contribution in [-0.2, 0) is 9.59 Å².